The predicted octanol–water partition coefficient (Wildman–Crippen LogP) is 3.87. The first-order valence-electron chi connectivity index (χ1n) is 5.37. The van der Waals surface area contributed by atoms with Crippen molar-refractivity contribution in [2.24, 2.45) is 0 Å². The molecule has 1 heterocycles. The number of rotatable bonds is 0. The van der Waals surface area contributed by atoms with Crippen LogP contribution < -0.4 is 9.64 Å². The largest absolute Gasteiger partial charge is 0.453 e. The van der Waals surface area contributed by atoms with Crippen LogP contribution in [0, 0.1) is 6.92 Å². The molecule has 1 aliphatic heterocycles. The van der Waals surface area contributed by atoms with Crippen LogP contribution >= 0.6 is 0 Å². The van der Waals surface area contributed by atoms with Gasteiger partial charge < -0.3 is 9.64 Å². The zero-order chi connectivity index (χ0) is 11.1. The zero-order valence-electron chi connectivity index (χ0n) is 9.40. The molecule has 0 atom stereocenters. The SMILES string of the molecule is Cc1cccc2c1N(C)c1ccccc1O2. The molecule has 0 N–H and O–H groups in total. The average molecular weight is 211 g/mol. The second-order valence-corrected chi connectivity index (χ2v) is 4.05. The van der Waals surface area contributed by atoms with Gasteiger partial charge in [-0.05, 0) is 30.7 Å². The Bertz CT molecular complexity index is 548. The van der Waals surface area contributed by atoms with Crippen LogP contribution in [0.3, 0.4) is 0 Å². The first kappa shape index (κ1) is 9.28. The molecule has 2 aromatic rings. The molecule has 0 bridgehead atoms. The van der Waals surface area contributed by atoms with Crippen LogP contribution in [0.4, 0.5) is 11.4 Å². The van der Waals surface area contributed by atoms with Gasteiger partial charge in [0.15, 0.2) is 11.5 Å². The highest BCUT2D eigenvalue weighted by Crippen LogP contribution is 2.46. The smallest absolute Gasteiger partial charge is 0.151 e. The second-order valence-electron chi connectivity index (χ2n) is 4.05. The summed E-state index contributed by atoms with van der Waals surface area (Å²) in [5.74, 6) is 1.85. The Balaban J connectivity index is 2.23. The third kappa shape index (κ3) is 1.20. The van der Waals surface area contributed by atoms with Gasteiger partial charge in [-0.15, -0.1) is 0 Å². The molecule has 0 radical (unpaired) electrons. The van der Waals surface area contributed by atoms with Crippen molar-refractivity contribution in [1.29, 1.82) is 0 Å². The van der Waals surface area contributed by atoms with E-state index in [2.05, 4.69) is 31.0 Å². The molecule has 2 heteroatoms. The molecule has 0 amide bonds. The zero-order valence-corrected chi connectivity index (χ0v) is 9.40. The molecule has 0 spiro atoms. The second kappa shape index (κ2) is 3.27. The van der Waals surface area contributed by atoms with Crippen LogP contribution in [0.5, 0.6) is 11.5 Å². The molecular formula is C14H13NO. The van der Waals surface area contributed by atoms with Gasteiger partial charge in [-0.3, -0.25) is 0 Å². The highest BCUT2D eigenvalue weighted by molar-refractivity contribution is 5.79. The molecule has 2 aromatic carbocycles. The van der Waals surface area contributed by atoms with Gasteiger partial charge in [-0.2, -0.15) is 0 Å². The minimum Gasteiger partial charge on any atom is -0.453 e. The summed E-state index contributed by atoms with van der Waals surface area (Å²) in [5.41, 5.74) is 3.50. The number of hydrogen-bond donors (Lipinski definition) is 0. The minimum atomic E-state index is 0.920. The summed E-state index contributed by atoms with van der Waals surface area (Å²) in [6.45, 7) is 2.10. The Hall–Kier alpha value is -1.96. The maximum atomic E-state index is 5.89. The van der Waals surface area contributed by atoms with Gasteiger partial charge in [0.1, 0.15) is 0 Å². The molecular weight excluding hydrogens is 198 g/mol. The van der Waals surface area contributed by atoms with Crippen molar-refractivity contribution in [1.82, 2.24) is 0 Å². The maximum Gasteiger partial charge on any atom is 0.151 e. The van der Waals surface area contributed by atoms with Crippen molar-refractivity contribution >= 4 is 11.4 Å². The molecule has 80 valence electrons. The number of fused-ring (bicyclic) bond motifs is 2. The fourth-order valence-electron chi connectivity index (χ4n) is 2.20. The molecule has 0 fully saturated rings. The molecule has 0 unspecified atom stereocenters. The molecule has 3 rings (SSSR count). The summed E-state index contributed by atoms with van der Waals surface area (Å²) >= 11 is 0. The van der Waals surface area contributed by atoms with Crippen molar-refractivity contribution < 1.29 is 4.74 Å². The highest BCUT2D eigenvalue weighted by Gasteiger charge is 2.21. The van der Waals surface area contributed by atoms with E-state index >= 15 is 0 Å². The van der Waals surface area contributed by atoms with E-state index in [-0.39, 0.29) is 0 Å². The van der Waals surface area contributed by atoms with Gasteiger partial charge in [0, 0.05) is 7.05 Å². The number of aryl methyl sites for hydroxylation is 1. The van der Waals surface area contributed by atoms with E-state index in [1.54, 1.807) is 0 Å². The molecule has 2 nitrogen and oxygen atoms in total. The van der Waals surface area contributed by atoms with Gasteiger partial charge in [-0.25, -0.2) is 0 Å². The minimum absolute atomic E-state index is 0.920. The summed E-state index contributed by atoms with van der Waals surface area (Å²) < 4.78 is 5.89. The fraction of sp³-hybridized carbons (Fsp3) is 0.143. The number of nitrogens with zero attached hydrogens (tertiary/aromatic N) is 1. The normalized spacial score (nSPS) is 12.8. The number of hydrogen-bond acceptors (Lipinski definition) is 2. The Morgan fingerprint density at radius 2 is 1.69 bits per heavy atom. The van der Waals surface area contributed by atoms with Gasteiger partial charge in [-0.1, -0.05) is 24.3 Å². The summed E-state index contributed by atoms with van der Waals surface area (Å²) in [6, 6.07) is 14.2. The van der Waals surface area contributed by atoms with Gasteiger partial charge in [0.2, 0.25) is 0 Å². The van der Waals surface area contributed by atoms with Gasteiger partial charge >= 0.3 is 0 Å². The lowest BCUT2D eigenvalue weighted by Gasteiger charge is -2.30. The predicted molar refractivity (Wildman–Crippen MR) is 65.8 cm³/mol. The Morgan fingerprint density at radius 3 is 2.56 bits per heavy atom. The van der Waals surface area contributed by atoms with E-state index in [1.165, 1.54) is 5.56 Å². The Kier molecular flexibility index (Phi) is 1.90. The van der Waals surface area contributed by atoms with Crippen LogP contribution in [-0.4, -0.2) is 7.05 Å². The molecule has 0 saturated heterocycles. The number of benzene rings is 2. The van der Waals surface area contributed by atoms with E-state index in [0.717, 1.165) is 22.9 Å². The third-order valence-corrected chi connectivity index (χ3v) is 2.98. The summed E-state index contributed by atoms with van der Waals surface area (Å²) in [6.07, 6.45) is 0. The summed E-state index contributed by atoms with van der Waals surface area (Å²) in [5, 5.41) is 0. The van der Waals surface area contributed by atoms with E-state index in [4.69, 9.17) is 4.74 Å². The molecule has 0 aromatic heterocycles. The first-order chi connectivity index (χ1) is 7.77. The first-order valence-corrected chi connectivity index (χ1v) is 5.37. The standard InChI is InChI=1S/C14H13NO/c1-10-6-5-9-13-14(10)15(2)11-7-3-4-8-12(11)16-13/h3-9H,1-2H3. The third-order valence-electron chi connectivity index (χ3n) is 2.98. The maximum absolute atomic E-state index is 5.89. The number of anilines is 2. The lowest BCUT2D eigenvalue weighted by atomic mass is 10.1. The number of para-hydroxylation sites is 3. The quantitative estimate of drug-likeness (QED) is 0.656. The van der Waals surface area contributed by atoms with Crippen LogP contribution in [0.15, 0.2) is 42.5 Å². The topological polar surface area (TPSA) is 12.5 Å². The van der Waals surface area contributed by atoms with E-state index in [0.29, 0.717) is 0 Å². The Labute approximate surface area is 95.1 Å². The van der Waals surface area contributed by atoms with Crippen molar-refractivity contribution in [3.05, 3.63) is 48.0 Å². The lowest BCUT2D eigenvalue weighted by molar-refractivity contribution is 0.475. The van der Waals surface area contributed by atoms with Gasteiger partial charge in [0.05, 0.1) is 11.4 Å². The number of ether oxygens (including phenoxy) is 1. The Morgan fingerprint density at radius 1 is 0.938 bits per heavy atom. The van der Waals surface area contributed by atoms with Gasteiger partial charge in [0.25, 0.3) is 0 Å². The summed E-state index contributed by atoms with van der Waals surface area (Å²) in [7, 11) is 2.08. The molecule has 0 saturated carbocycles. The highest BCUT2D eigenvalue weighted by atomic mass is 16.5. The van der Waals surface area contributed by atoms with E-state index in [9.17, 15) is 0 Å². The van der Waals surface area contributed by atoms with Crippen LogP contribution in [-0.2, 0) is 0 Å². The van der Waals surface area contributed by atoms with E-state index < -0.39 is 0 Å². The van der Waals surface area contributed by atoms with Crippen molar-refractivity contribution in [3.8, 4) is 11.5 Å². The van der Waals surface area contributed by atoms with Crippen molar-refractivity contribution in [2.75, 3.05) is 11.9 Å². The molecule has 0 aliphatic carbocycles. The lowest BCUT2D eigenvalue weighted by Crippen LogP contribution is -2.16. The van der Waals surface area contributed by atoms with Crippen LogP contribution in [0.1, 0.15) is 5.56 Å². The molecule has 16 heavy (non-hydrogen) atoms. The van der Waals surface area contributed by atoms with Crippen molar-refractivity contribution in [2.45, 2.75) is 6.92 Å². The molecule has 1 aliphatic rings. The van der Waals surface area contributed by atoms with Crippen molar-refractivity contribution in [3.63, 3.8) is 0 Å². The fourth-order valence-corrected chi connectivity index (χ4v) is 2.20. The monoisotopic (exact) mass is 211 g/mol. The van der Waals surface area contributed by atoms with Crippen LogP contribution in [0.2, 0.25) is 0 Å². The van der Waals surface area contributed by atoms with E-state index in [1.807, 2.05) is 30.3 Å². The average Bonchev–Trinajstić information content (AvgIpc) is 2.29. The summed E-state index contributed by atoms with van der Waals surface area (Å²) in [4.78, 5) is 2.18. The van der Waals surface area contributed by atoms with Crippen LogP contribution in [0.25, 0.3) is 0 Å².